The number of carbonyl (C=O) groups is 2. The van der Waals surface area contributed by atoms with Crippen LogP contribution >= 0.6 is 0 Å². The van der Waals surface area contributed by atoms with Gasteiger partial charge in [-0.1, -0.05) is 0 Å². The number of ether oxygens (including phenoxy) is 1. The molecule has 0 radical (unpaired) electrons. The molecule has 0 saturated carbocycles. The standard InChI is InChI=1S/C23H29N7O3/c1-15-10-18(29-14-25-26-27-29)12-24-19(15)4-7-28-8-5-23(6-9-28)11-16(2)30(22(23)32)20-13-33-21(31)17(20)3/h10,12,14,16H,4-9,11,13H2,1-3H3. The predicted octanol–water partition coefficient (Wildman–Crippen LogP) is 1.44. The number of carbonyl (C=O) groups excluding carboxylic acids is 2. The van der Waals surface area contributed by atoms with E-state index >= 15 is 0 Å². The fourth-order valence-electron chi connectivity index (χ4n) is 5.45. The average Bonchev–Trinajstić information content (AvgIpc) is 3.50. The number of aromatic nitrogens is 5. The number of piperidine rings is 1. The second-order valence-electron chi connectivity index (χ2n) is 9.46. The largest absolute Gasteiger partial charge is 0.456 e. The number of hydrogen-bond acceptors (Lipinski definition) is 8. The highest BCUT2D eigenvalue weighted by Gasteiger charge is 2.53. The van der Waals surface area contributed by atoms with Crippen LogP contribution in [-0.4, -0.2) is 79.2 Å². The lowest BCUT2D eigenvalue weighted by Crippen LogP contribution is -2.45. The minimum atomic E-state index is -0.323. The SMILES string of the molecule is CC1=C(N2C(=O)C3(CCN(CCc4ncc(-n5cnnn5)cc4C)CC3)CC2C)COC1=O. The van der Waals surface area contributed by atoms with Gasteiger partial charge in [0, 0.05) is 24.7 Å². The van der Waals surface area contributed by atoms with Gasteiger partial charge in [-0.25, -0.2) is 4.79 Å². The number of hydrogen-bond donors (Lipinski definition) is 0. The van der Waals surface area contributed by atoms with Crippen LogP contribution in [0.2, 0.25) is 0 Å². The Kier molecular flexibility index (Phi) is 5.48. The van der Waals surface area contributed by atoms with Crippen molar-refractivity contribution < 1.29 is 14.3 Å². The lowest BCUT2D eigenvalue weighted by molar-refractivity contribution is -0.139. The van der Waals surface area contributed by atoms with Gasteiger partial charge in [0.1, 0.15) is 12.9 Å². The van der Waals surface area contributed by atoms with E-state index in [2.05, 4.69) is 39.3 Å². The van der Waals surface area contributed by atoms with Crippen molar-refractivity contribution in [2.24, 2.45) is 5.41 Å². The van der Waals surface area contributed by atoms with Crippen LogP contribution in [0, 0.1) is 12.3 Å². The summed E-state index contributed by atoms with van der Waals surface area (Å²) in [5.74, 6) is -0.145. The van der Waals surface area contributed by atoms with Crippen LogP contribution < -0.4 is 0 Å². The van der Waals surface area contributed by atoms with Gasteiger partial charge in [-0.3, -0.25) is 9.78 Å². The van der Waals surface area contributed by atoms with E-state index in [0.29, 0.717) is 5.57 Å². The van der Waals surface area contributed by atoms with Crippen molar-refractivity contribution in [3.8, 4) is 5.69 Å². The van der Waals surface area contributed by atoms with Crippen LogP contribution in [0.15, 0.2) is 29.9 Å². The van der Waals surface area contributed by atoms with Gasteiger partial charge < -0.3 is 14.5 Å². The Morgan fingerprint density at radius 2 is 2.00 bits per heavy atom. The zero-order valence-corrected chi connectivity index (χ0v) is 19.3. The highest BCUT2D eigenvalue weighted by atomic mass is 16.5. The summed E-state index contributed by atoms with van der Waals surface area (Å²) in [5, 5.41) is 11.3. The summed E-state index contributed by atoms with van der Waals surface area (Å²) in [4.78, 5) is 34.2. The third-order valence-corrected chi connectivity index (χ3v) is 7.43. The van der Waals surface area contributed by atoms with E-state index in [1.165, 1.54) is 0 Å². The van der Waals surface area contributed by atoms with Crippen molar-refractivity contribution in [2.75, 3.05) is 26.2 Å². The molecule has 2 aromatic heterocycles. The highest BCUT2D eigenvalue weighted by molar-refractivity contribution is 5.94. The molecular weight excluding hydrogens is 422 g/mol. The van der Waals surface area contributed by atoms with E-state index in [-0.39, 0.29) is 29.9 Å². The van der Waals surface area contributed by atoms with E-state index in [1.54, 1.807) is 24.1 Å². The molecule has 2 aromatic rings. The molecule has 0 aliphatic carbocycles. The van der Waals surface area contributed by atoms with Gasteiger partial charge >= 0.3 is 5.97 Å². The van der Waals surface area contributed by atoms with E-state index in [9.17, 15) is 9.59 Å². The van der Waals surface area contributed by atoms with Crippen molar-refractivity contribution in [3.63, 3.8) is 0 Å². The maximum Gasteiger partial charge on any atom is 0.336 e. The summed E-state index contributed by atoms with van der Waals surface area (Å²) in [6, 6.07) is 2.14. The van der Waals surface area contributed by atoms with Crippen molar-refractivity contribution in [1.29, 1.82) is 0 Å². The van der Waals surface area contributed by atoms with Gasteiger partial charge in [-0.05, 0) is 75.2 Å². The van der Waals surface area contributed by atoms with Gasteiger partial charge in [0.25, 0.3) is 0 Å². The molecule has 0 aromatic carbocycles. The van der Waals surface area contributed by atoms with Crippen LogP contribution in [0.3, 0.4) is 0 Å². The number of amides is 1. The van der Waals surface area contributed by atoms with Crippen molar-refractivity contribution >= 4 is 11.9 Å². The number of tetrazole rings is 1. The minimum absolute atomic E-state index is 0.0917. The molecule has 0 N–H and O–H groups in total. The third-order valence-electron chi connectivity index (χ3n) is 7.43. The topological polar surface area (TPSA) is 106 Å². The Labute approximate surface area is 192 Å². The number of rotatable bonds is 5. The molecule has 33 heavy (non-hydrogen) atoms. The number of nitrogens with zero attached hydrogens (tertiary/aromatic N) is 7. The Morgan fingerprint density at radius 1 is 1.21 bits per heavy atom. The van der Waals surface area contributed by atoms with Crippen LogP contribution in [0.1, 0.15) is 44.4 Å². The Balaban J connectivity index is 1.20. The molecule has 5 heterocycles. The van der Waals surface area contributed by atoms with Gasteiger partial charge in [-0.15, -0.1) is 5.10 Å². The van der Waals surface area contributed by atoms with Crippen molar-refractivity contribution in [3.05, 3.63) is 41.1 Å². The van der Waals surface area contributed by atoms with Crippen molar-refractivity contribution in [1.82, 2.24) is 35.0 Å². The second-order valence-corrected chi connectivity index (χ2v) is 9.46. The van der Waals surface area contributed by atoms with Gasteiger partial charge in [-0.2, -0.15) is 4.68 Å². The molecular formula is C23H29N7O3. The average molecular weight is 452 g/mol. The molecule has 5 rings (SSSR count). The molecule has 1 unspecified atom stereocenters. The van der Waals surface area contributed by atoms with Gasteiger partial charge in [0.05, 0.1) is 28.6 Å². The first-order valence-corrected chi connectivity index (χ1v) is 11.5. The number of cyclic esters (lactones) is 1. The van der Waals surface area contributed by atoms with Crippen LogP contribution in [0.25, 0.3) is 5.69 Å². The number of pyridine rings is 1. The highest BCUT2D eigenvalue weighted by Crippen LogP contribution is 2.46. The molecule has 3 aliphatic heterocycles. The van der Waals surface area contributed by atoms with Crippen LogP contribution in [0.4, 0.5) is 0 Å². The zero-order valence-electron chi connectivity index (χ0n) is 19.3. The molecule has 1 amide bonds. The maximum absolute atomic E-state index is 13.5. The molecule has 174 valence electrons. The quantitative estimate of drug-likeness (QED) is 0.629. The molecule has 10 heteroatoms. The molecule has 10 nitrogen and oxygen atoms in total. The maximum atomic E-state index is 13.5. The molecule has 0 bridgehead atoms. The molecule has 3 aliphatic rings. The van der Waals surface area contributed by atoms with Gasteiger partial charge in [0.15, 0.2) is 0 Å². The van der Waals surface area contributed by atoms with E-state index in [4.69, 9.17) is 4.74 Å². The summed E-state index contributed by atoms with van der Waals surface area (Å²) in [7, 11) is 0. The molecule has 1 spiro atoms. The number of likely N-dealkylation sites (tertiary alicyclic amines) is 2. The van der Waals surface area contributed by atoms with E-state index in [0.717, 1.165) is 68.0 Å². The fraction of sp³-hybridized carbons (Fsp3) is 0.565. The first-order valence-electron chi connectivity index (χ1n) is 11.5. The second kappa shape index (κ2) is 8.33. The minimum Gasteiger partial charge on any atom is -0.456 e. The third kappa shape index (κ3) is 3.82. The van der Waals surface area contributed by atoms with E-state index < -0.39 is 0 Å². The molecule has 2 saturated heterocycles. The first kappa shape index (κ1) is 21.7. The Morgan fingerprint density at radius 3 is 2.64 bits per heavy atom. The summed E-state index contributed by atoms with van der Waals surface area (Å²) >= 11 is 0. The Bertz CT molecular complexity index is 1100. The lowest BCUT2D eigenvalue weighted by atomic mass is 9.76. The summed E-state index contributed by atoms with van der Waals surface area (Å²) < 4.78 is 6.76. The van der Waals surface area contributed by atoms with Crippen molar-refractivity contribution in [2.45, 2.75) is 52.5 Å². The summed E-state index contributed by atoms with van der Waals surface area (Å²) in [6.07, 6.45) is 6.74. The smallest absolute Gasteiger partial charge is 0.336 e. The lowest BCUT2D eigenvalue weighted by Gasteiger charge is -2.38. The van der Waals surface area contributed by atoms with Crippen LogP contribution in [-0.2, 0) is 20.7 Å². The normalized spacial score (nSPS) is 23.1. The zero-order chi connectivity index (χ0) is 23.2. The number of aryl methyl sites for hydroxylation is 1. The van der Waals surface area contributed by atoms with Crippen LogP contribution in [0.5, 0.6) is 0 Å². The first-order chi connectivity index (χ1) is 15.9. The molecule has 1 atom stereocenters. The number of esters is 1. The van der Waals surface area contributed by atoms with E-state index in [1.807, 2.05) is 11.0 Å². The molecule has 2 fully saturated rings. The predicted molar refractivity (Wildman–Crippen MR) is 118 cm³/mol. The summed E-state index contributed by atoms with van der Waals surface area (Å²) in [6.45, 7) is 8.79. The summed E-state index contributed by atoms with van der Waals surface area (Å²) in [5.41, 5.74) is 4.03. The van der Waals surface area contributed by atoms with Gasteiger partial charge in [0.2, 0.25) is 5.91 Å². The Hall–Kier alpha value is -3.14. The monoisotopic (exact) mass is 451 g/mol. The fourth-order valence-corrected chi connectivity index (χ4v) is 5.45.